The number of nitrogens with one attached hydrogen (secondary N) is 1. The number of rotatable bonds is 3. The van der Waals surface area contributed by atoms with E-state index in [2.05, 4.69) is 26.1 Å². The quantitative estimate of drug-likeness (QED) is 0.710. The minimum absolute atomic E-state index is 0.00832. The van der Waals surface area contributed by atoms with Crippen LogP contribution in [0.25, 0.3) is 0 Å². The van der Waals surface area contributed by atoms with Crippen molar-refractivity contribution in [2.24, 2.45) is 11.8 Å². The molecule has 0 radical (unpaired) electrons. The predicted octanol–water partition coefficient (Wildman–Crippen LogP) is 5.40. The number of hydrogen-bond donors (Lipinski definition) is 2. The molecule has 4 heteroatoms. The van der Waals surface area contributed by atoms with Gasteiger partial charge in [0, 0.05) is 5.69 Å². The molecule has 1 aliphatic rings. The number of carbonyl (C=O) groups is 2. The molecule has 0 saturated carbocycles. The number of anilines is 1. The third-order valence-electron chi connectivity index (χ3n) is 4.92. The van der Waals surface area contributed by atoms with Gasteiger partial charge in [0.2, 0.25) is 5.91 Å². The van der Waals surface area contributed by atoms with E-state index in [9.17, 15) is 14.7 Å². The molecule has 144 valence electrons. The van der Waals surface area contributed by atoms with Crippen LogP contribution in [0.5, 0.6) is 0 Å². The van der Waals surface area contributed by atoms with E-state index in [0.717, 1.165) is 22.4 Å². The zero-order valence-corrected chi connectivity index (χ0v) is 17.1. The van der Waals surface area contributed by atoms with Crippen molar-refractivity contribution in [3.8, 4) is 0 Å². The molecule has 2 N–H and O–H groups in total. The van der Waals surface area contributed by atoms with Gasteiger partial charge in [-0.2, -0.15) is 0 Å². The van der Waals surface area contributed by atoms with Gasteiger partial charge in [0.05, 0.1) is 11.8 Å². The summed E-state index contributed by atoms with van der Waals surface area (Å²) in [6.45, 7) is 14.3. The van der Waals surface area contributed by atoms with Crippen LogP contribution >= 0.6 is 0 Å². The molecule has 2 atom stereocenters. The lowest BCUT2D eigenvalue weighted by molar-refractivity contribution is -0.146. The Kier molecular flexibility index (Phi) is 7.61. The Labute approximate surface area is 157 Å². The molecule has 0 aromatic heterocycles. The standard InChI is InChI=1S/C20H27NO3.C2H6/c1-12-9-16(17(19(23)24)10-13(12)2)18(22)21-15-8-6-7-14(11-15)20(3,4)5;1-2/h6-8,11,16-17H,9-10H2,1-5H3,(H,21,22)(H,23,24);1-2H3. The van der Waals surface area contributed by atoms with Crippen molar-refractivity contribution in [2.45, 2.75) is 66.7 Å². The number of carboxylic acid groups (broad SMARTS) is 1. The molecule has 1 aromatic carbocycles. The van der Waals surface area contributed by atoms with Gasteiger partial charge < -0.3 is 10.4 Å². The summed E-state index contributed by atoms with van der Waals surface area (Å²) in [4.78, 5) is 24.3. The fourth-order valence-corrected chi connectivity index (χ4v) is 3.13. The lowest BCUT2D eigenvalue weighted by atomic mass is 9.76. The lowest BCUT2D eigenvalue weighted by Gasteiger charge is -2.29. The van der Waals surface area contributed by atoms with E-state index in [1.807, 2.05) is 52.0 Å². The fourth-order valence-electron chi connectivity index (χ4n) is 3.13. The maximum atomic E-state index is 12.7. The molecule has 0 bridgehead atoms. The summed E-state index contributed by atoms with van der Waals surface area (Å²) in [6, 6.07) is 7.76. The smallest absolute Gasteiger partial charge is 0.307 e. The second-order valence-corrected chi connectivity index (χ2v) is 7.84. The Bertz CT molecular complexity index is 683. The van der Waals surface area contributed by atoms with E-state index in [1.165, 1.54) is 0 Å². The van der Waals surface area contributed by atoms with Gasteiger partial charge in [-0.25, -0.2) is 0 Å². The van der Waals surface area contributed by atoms with Gasteiger partial charge in [0.25, 0.3) is 0 Å². The molecule has 0 saturated heterocycles. The molecule has 1 amide bonds. The van der Waals surface area contributed by atoms with E-state index < -0.39 is 17.8 Å². The molecular weight excluding hydrogens is 326 g/mol. The van der Waals surface area contributed by atoms with Crippen molar-refractivity contribution < 1.29 is 14.7 Å². The van der Waals surface area contributed by atoms with Crippen molar-refractivity contribution in [1.29, 1.82) is 0 Å². The summed E-state index contributed by atoms with van der Waals surface area (Å²) in [5.74, 6) is -2.28. The average Bonchev–Trinajstić information content (AvgIpc) is 2.58. The highest BCUT2D eigenvalue weighted by Crippen LogP contribution is 2.35. The molecule has 0 heterocycles. The van der Waals surface area contributed by atoms with Crippen LogP contribution in [0.4, 0.5) is 5.69 Å². The Morgan fingerprint density at radius 1 is 1.04 bits per heavy atom. The number of allylic oxidation sites excluding steroid dienone is 2. The molecule has 4 nitrogen and oxygen atoms in total. The molecule has 2 unspecified atom stereocenters. The predicted molar refractivity (Wildman–Crippen MR) is 107 cm³/mol. The molecule has 26 heavy (non-hydrogen) atoms. The zero-order chi connectivity index (χ0) is 20.1. The van der Waals surface area contributed by atoms with Crippen molar-refractivity contribution in [3.63, 3.8) is 0 Å². The number of amides is 1. The fraction of sp³-hybridized carbons (Fsp3) is 0.545. The lowest BCUT2D eigenvalue weighted by Crippen LogP contribution is -2.36. The number of benzene rings is 1. The minimum Gasteiger partial charge on any atom is -0.481 e. The molecule has 1 aromatic rings. The van der Waals surface area contributed by atoms with Crippen LogP contribution in [0.1, 0.15) is 66.9 Å². The first-order chi connectivity index (χ1) is 12.1. The monoisotopic (exact) mass is 359 g/mol. The van der Waals surface area contributed by atoms with Crippen molar-refractivity contribution in [3.05, 3.63) is 41.0 Å². The number of hydrogen-bond acceptors (Lipinski definition) is 2. The first-order valence-corrected chi connectivity index (χ1v) is 9.39. The van der Waals surface area contributed by atoms with Crippen LogP contribution in [0.2, 0.25) is 0 Å². The first-order valence-electron chi connectivity index (χ1n) is 9.39. The van der Waals surface area contributed by atoms with Crippen LogP contribution in [0.15, 0.2) is 35.4 Å². The van der Waals surface area contributed by atoms with E-state index in [-0.39, 0.29) is 11.3 Å². The van der Waals surface area contributed by atoms with Crippen LogP contribution in [-0.2, 0) is 15.0 Å². The summed E-state index contributed by atoms with van der Waals surface area (Å²) in [7, 11) is 0. The van der Waals surface area contributed by atoms with Crippen molar-refractivity contribution in [1.82, 2.24) is 0 Å². The van der Waals surface area contributed by atoms with E-state index in [1.54, 1.807) is 0 Å². The Balaban J connectivity index is 0.00000163. The summed E-state index contributed by atoms with van der Waals surface area (Å²) >= 11 is 0. The van der Waals surface area contributed by atoms with Gasteiger partial charge in [-0.3, -0.25) is 9.59 Å². The van der Waals surface area contributed by atoms with Crippen LogP contribution in [-0.4, -0.2) is 17.0 Å². The van der Waals surface area contributed by atoms with Gasteiger partial charge >= 0.3 is 5.97 Å². The van der Waals surface area contributed by atoms with E-state index >= 15 is 0 Å². The van der Waals surface area contributed by atoms with Gasteiger partial charge in [-0.1, -0.05) is 57.9 Å². The van der Waals surface area contributed by atoms with E-state index in [4.69, 9.17) is 0 Å². The van der Waals surface area contributed by atoms with Crippen LogP contribution in [0, 0.1) is 11.8 Å². The summed E-state index contributed by atoms with van der Waals surface area (Å²) in [5.41, 5.74) is 4.05. The Morgan fingerprint density at radius 3 is 2.08 bits per heavy atom. The maximum absolute atomic E-state index is 12.7. The van der Waals surface area contributed by atoms with E-state index in [0.29, 0.717) is 12.8 Å². The highest BCUT2D eigenvalue weighted by atomic mass is 16.4. The molecule has 0 aliphatic heterocycles. The SMILES string of the molecule is CC.CC1=C(C)CC(C(=O)Nc2cccc(C(C)(C)C)c2)C(C(=O)O)C1. The van der Waals surface area contributed by atoms with Crippen LogP contribution < -0.4 is 5.32 Å². The topological polar surface area (TPSA) is 66.4 Å². The maximum Gasteiger partial charge on any atom is 0.307 e. The number of carbonyl (C=O) groups excluding carboxylic acids is 1. The van der Waals surface area contributed by atoms with Gasteiger partial charge in [0.15, 0.2) is 0 Å². The summed E-state index contributed by atoms with van der Waals surface area (Å²) < 4.78 is 0. The highest BCUT2D eigenvalue weighted by Gasteiger charge is 2.37. The molecule has 1 aliphatic carbocycles. The average molecular weight is 360 g/mol. The first kappa shape index (κ1) is 21.9. The molecular formula is C22H33NO3. The normalized spacial score (nSPS) is 20.1. The third-order valence-corrected chi connectivity index (χ3v) is 4.92. The van der Waals surface area contributed by atoms with Crippen molar-refractivity contribution in [2.75, 3.05) is 5.32 Å². The Morgan fingerprint density at radius 2 is 1.58 bits per heavy atom. The molecule has 0 spiro atoms. The molecule has 2 rings (SSSR count). The second kappa shape index (κ2) is 9.02. The number of aliphatic carboxylic acids is 1. The second-order valence-electron chi connectivity index (χ2n) is 7.84. The number of carboxylic acids is 1. The van der Waals surface area contributed by atoms with Gasteiger partial charge in [-0.15, -0.1) is 0 Å². The largest absolute Gasteiger partial charge is 0.481 e. The third kappa shape index (κ3) is 5.45. The highest BCUT2D eigenvalue weighted by molar-refractivity contribution is 5.95. The molecule has 0 fully saturated rings. The summed E-state index contributed by atoms with van der Waals surface area (Å²) in [5, 5.41) is 12.4. The summed E-state index contributed by atoms with van der Waals surface area (Å²) in [6.07, 6.45) is 0.953. The zero-order valence-electron chi connectivity index (χ0n) is 17.1. The van der Waals surface area contributed by atoms with Crippen molar-refractivity contribution >= 4 is 17.6 Å². The minimum atomic E-state index is -0.898. The van der Waals surface area contributed by atoms with Crippen LogP contribution in [0.3, 0.4) is 0 Å². The Hall–Kier alpha value is -2.10. The van der Waals surface area contributed by atoms with Gasteiger partial charge in [0.1, 0.15) is 0 Å². The van der Waals surface area contributed by atoms with Gasteiger partial charge in [-0.05, 0) is 49.8 Å².